The first kappa shape index (κ1) is 9.73. The maximum Gasteiger partial charge on any atom is 0.265 e. The van der Waals surface area contributed by atoms with E-state index in [1.165, 1.54) is 28.8 Å². The van der Waals surface area contributed by atoms with Gasteiger partial charge in [-0.05, 0) is 12.1 Å². The zero-order valence-electron chi connectivity index (χ0n) is 6.87. The highest BCUT2D eigenvalue weighted by Gasteiger charge is 2.15. The molecule has 14 heavy (non-hydrogen) atoms. The molecule has 0 atom stereocenters. The molecule has 0 saturated heterocycles. The van der Waals surface area contributed by atoms with Gasteiger partial charge in [-0.15, -0.1) is 24.0 Å². The number of aromatic hydroxyl groups is 1. The SMILES string of the molecule is Oc1cc(S)c2c(C(F)F)csc2c1. The van der Waals surface area contributed by atoms with Gasteiger partial charge in [0.25, 0.3) is 6.43 Å². The number of phenols is 1. The maximum atomic E-state index is 12.5. The second-order valence-electron chi connectivity index (χ2n) is 2.83. The minimum atomic E-state index is -2.50. The van der Waals surface area contributed by atoms with Crippen LogP contribution >= 0.6 is 24.0 Å². The van der Waals surface area contributed by atoms with E-state index in [2.05, 4.69) is 12.6 Å². The lowest BCUT2D eigenvalue weighted by molar-refractivity contribution is 0.153. The van der Waals surface area contributed by atoms with Gasteiger partial charge < -0.3 is 5.11 Å². The van der Waals surface area contributed by atoms with E-state index in [9.17, 15) is 13.9 Å². The zero-order chi connectivity index (χ0) is 10.3. The van der Waals surface area contributed by atoms with Gasteiger partial charge in [0.05, 0.1) is 0 Å². The number of halogens is 2. The number of alkyl halides is 2. The van der Waals surface area contributed by atoms with Crippen LogP contribution in [-0.2, 0) is 0 Å². The van der Waals surface area contributed by atoms with Crippen molar-refractivity contribution in [2.24, 2.45) is 0 Å². The normalized spacial score (nSPS) is 11.4. The smallest absolute Gasteiger partial charge is 0.265 e. The van der Waals surface area contributed by atoms with Gasteiger partial charge in [0.2, 0.25) is 0 Å². The molecule has 1 heterocycles. The van der Waals surface area contributed by atoms with E-state index >= 15 is 0 Å². The Bertz CT molecular complexity index is 479. The molecule has 0 aliphatic carbocycles. The van der Waals surface area contributed by atoms with Crippen LogP contribution in [0.25, 0.3) is 10.1 Å². The number of fused-ring (bicyclic) bond motifs is 1. The first-order chi connectivity index (χ1) is 6.59. The van der Waals surface area contributed by atoms with Crippen LogP contribution in [0, 0.1) is 0 Å². The molecule has 1 aromatic heterocycles. The van der Waals surface area contributed by atoms with E-state index in [0.717, 1.165) is 0 Å². The van der Waals surface area contributed by atoms with Crippen LogP contribution in [-0.4, -0.2) is 5.11 Å². The summed E-state index contributed by atoms with van der Waals surface area (Å²) in [6.07, 6.45) is -2.50. The average molecular weight is 232 g/mol. The Balaban J connectivity index is 2.79. The Hall–Kier alpha value is -0.810. The van der Waals surface area contributed by atoms with E-state index in [4.69, 9.17) is 0 Å². The van der Waals surface area contributed by atoms with Crippen molar-refractivity contribution in [3.8, 4) is 5.75 Å². The molecule has 0 amide bonds. The van der Waals surface area contributed by atoms with Crippen LogP contribution < -0.4 is 0 Å². The highest BCUT2D eigenvalue weighted by molar-refractivity contribution is 7.80. The van der Waals surface area contributed by atoms with Gasteiger partial charge in [0.15, 0.2) is 0 Å². The quantitative estimate of drug-likeness (QED) is 0.716. The Labute approximate surface area is 88.4 Å². The van der Waals surface area contributed by atoms with Crippen molar-refractivity contribution in [2.45, 2.75) is 11.3 Å². The summed E-state index contributed by atoms with van der Waals surface area (Å²) in [5.41, 5.74) is -0.0185. The van der Waals surface area contributed by atoms with Gasteiger partial charge in [-0.1, -0.05) is 0 Å². The minimum Gasteiger partial charge on any atom is -0.508 e. The largest absolute Gasteiger partial charge is 0.508 e. The first-order valence-corrected chi connectivity index (χ1v) is 5.13. The highest BCUT2D eigenvalue weighted by atomic mass is 32.1. The van der Waals surface area contributed by atoms with Gasteiger partial charge >= 0.3 is 0 Å². The summed E-state index contributed by atoms with van der Waals surface area (Å²) in [6.45, 7) is 0. The van der Waals surface area contributed by atoms with E-state index in [1.807, 2.05) is 0 Å². The molecule has 0 bridgehead atoms. The first-order valence-electron chi connectivity index (χ1n) is 3.81. The van der Waals surface area contributed by atoms with Crippen molar-refractivity contribution >= 4 is 34.1 Å². The molecule has 0 fully saturated rings. The molecule has 1 aromatic carbocycles. The molecule has 0 aliphatic heterocycles. The molecule has 1 N–H and O–H groups in total. The zero-order valence-corrected chi connectivity index (χ0v) is 8.58. The van der Waals surface area contributed by atoms with Gasteiger partial charge in [-0.2, -0.15) is 0 Å². The standard InChI is InChI=1S/C9H6F2OS2/c10-9(11)5-3-14-7-2-4(12)1-6(13)8(5)7/h1-3,9,12-13H. The van der Waals surface area contributed by atoms with Crippen LogP contribution in [0.4, 0.5) is 8.78 Å². The molecule has 0 spiro atoms. The predicted molar refractivity (Wildman–Crippen MR) is 55.7 cm³/mol. The highest BCUT2D eigenvalue weighted by Crippen LogP contribution is 2.38. The lowest BCUT2D eigenvalue weighted by Gasteiger charge is -2.01. The molecular formula is C9H6F2OS2. The fraction of sp³-hybridized carbons (Fsp3) is 0.111. The molecule has 0 radical (unpaired) electrons. The molecule has 2 rings (SSSR count). The predicted octanol–water partition coefficient (Wildman–Crippen LogP) is 3.83. The third kappa shape index (κ3) is 1.46. The summed E-state index contributed by atoms with van der Waals surface area (Å²) >= 11 is 5.25. The number of benzene rings is 1. The Morgan fingerprint density at radius 2 is 2.07 bits per heavy atom. The maximum absolute atomic E-state index is 12.5. The minimum absolute atomic E-state index is 0.0185. The molecule has 0 unspecified atom stereocenters. The summed E-state index contributed by atoms with van der Waals surface area (Å²) < 4.78 is 25.7. The van der Waals surface area contributed by atoms with Crippen molar-refractivity contribution in [3.63, 3.8) is 0 Å². The van der Waals surface area contributed by atoms with E-state index in [0.29, 0.717) is 15.0 Å². The Morgan fingerprint density at radius 1 is 1.36 bits per heavy atom. The van der Waals surface area contributed by atoms with Crippen LogP contribution in [0.3, 0.4) is 0 Å². The fourth-order valence-electron chi connectivity index (χ4n) is 1.32. The second kappa shape index (κ2) is 3.40. The lowest BCUT2D eigenvalue weighted by Crippen LogP contribution is -1.81. The molecule has 0 aliphatic rings. The molecule has 1 nitrogen and oxygen atoms in total. The second-order valence-corrected chi connectivity index (χ2v) is 4.22. The van der Waals surface area contributed by atoms with Crippen LogP contribution in [0.2, 0.25) is 0 Å². The molecule has 74 valence electrons. The number of thiol groups is 1. The van der Waals surface area contributed by atoms with Crippen LogP contribution in [0.1, 0.15) is 12.0 Å². The lowest BCUT2D eigenvalue weighted by atomic mass is 10.2. The third-order valence-corrected chi connectivity index (χ3v) is 3.20. The fourth-order valence-corrected chi connectivity index (χ4v) is 2.78. The number of phenolic OH excluding ortho intramolecular Hbond substituents is 1. The van der Waals surface area contributed by atoms with E-state index < -0.39 is 6.43 Å². The summed E-state index contributed by atoms with van der Waals surface area (Å²) in [6, 6.07) is 2.83. The summed E-state index contributed by atoms with van der Waals surface area (Å²) in [7, 11) is 0. The number of thiophene rings is 1. The van der Waals surface area contributed by atoms with Gasteiger partial charge in [-0.25, -0.2) is 8.78 Å². The Kier molecular flexibility index (Phi) is 2.36. The van der Waals surface area contributed by atoms with Crippen molar-refractivity contribution in [2.75, 3.05) is 0 Å². The van der Waals surface area contributed by atoms with Crippen LogP contribution in [0.5, 0.6) is 5.75 Å². The molecule has 5 heteroatoms. The molecule has 0 saturated carbocycles. The van der Waals surface area contributed by atoms with Crippen molar-refractivity contribution in [3.05, 3.63) is 23.1 Å². The van der Waals surface area contributed by atoms with Crippen molar-refractivity contribution < 1.29 is 13.9 Å². The number of hydrogen-bond acceptors (Lipinski definition) is 3. The third-order valence-electron chi connectivity index (χ3n) is 1.90. The van der Waals surface area contributed by atoms with Crippen molar-refractivity contribution in [1.29, 1.82) is 0 Å². The monoisotopic (exact) mass is 232 g/mol. The molecule has 2 aromatic rings. The van der Waals surface area contributed by atoms with Gasteiger partial charge in [0.1, 0.15) is 5.75 Å². The average Bonchev–Trinajstić information content (AvgIpc) is 2.47. The van der Waals surface area contributed by atoms with Gasteiger partial charge in [-0.3, -0.25) is 0 Å². The summed E-state index contributed by atoms with van der Waals surface area (Å²) in [5, 5.41) is 11.1. The Morgan fingerprint density at radius 3 is 2.71 bits per heavy atom. The summed E-state index contributed by atoms with van der Waals surface area (Å²) in [4.78, 5) is 0.386. The van der Waals surface area contributed by atoms with Crippen LogP contribution in [0.15, 0.2) is 22.4 Å². The van der Waals surface area contributed by atoms with E-state index in [1.54, 1.807) is 0 Å². The van der Waals surface area contributed by atoms with Crippen molar-refractivity contribution in [1.82, 2.24) is 0 Å². The van der Waals surface area contributed by atoms with Gasteiger partial charge in [0, 0.05) is 25.9 Å². The number of hydrogen-bond donors (Lipinski definition) is 2. The molecular weight excluding hydrogens is 226 g/mol. The number of rotatable bonds is 1. The topological polar surface area (TPSA) is 20.2 Å². The summed E-state index contributed by atoms with van der Waals surface area (Å²) in [5.74, 6) is 0.0465. The van der Waals surface area contributed by atoms with E-state index in [-0.39, 0.29) is 11.3 Å².